The van der Waals surface area contributed by atoms with Gasteiger partial charge in [0.15, 0.2) is 0 Å². The summed E-state index contributed by atoms with van der Waals surface area (Å²) in [4.78, 5) is 0. The number of hydrogen-bond donors (Lipinski definition) is 1. The van der Waals surface area contributed by atoms with Gasteiger partial charge in [0.1, 0.15) is 0 Å². The lowest BCUT2D eigenvalue weighted by Gasteiger charge is -2.13. The van der Waals surface area contributed by atoms with E-state index in [0.717, 1.165) is 26.1 Å². The Morgan fingerprint density at radius 2 is 1.95 bits per heavy atom. The van der Waals surface area contributed by atoms with E-state index in [1.54, 1.807) is 7.11 Å². The summed E-state index contributed by atoms with van der Waals surface area (Å²) in [6.07, 6.45) is 3.39. The number of rotatable bonds is 8. The zero-order chi connectivity index (χ0) is 14.1. The van der Waals surface area contributed by atoms with Crippen LogP contribution < -0.4 is 5.32 Å². The molecule has 0 radical (unpaired) electrons. The Morgan fingerprint density at radius 3 is 2.47 bits per heavy atom. The van der Waals surface area contributed by atoms with Crippen molar-refractivity contribution in [3.8, 4) is 0 Å². The van der Waals surface area contributed by atoms with Gasteiger partial charge in [-0.15, -0.1) is 0 Å². The van der Waals surface area contributed by atoms with E-state index < -0.39 is 0 Å². The highest BCUT2D eigenvalue weighted by molar-refractivity contribution is 5.54. The Bertz CT molecular complexity index is 379. The van der Waals surface area contributed by atoms with Gasteiger partial charge in [0.25, 0.3) is 0 Å². The van der Waals surface area contributed by atoms with Gasteiger partial charge in [-0.2, -0.15) is 0 Å². The van der Waals surface area contributed by atoms with Crippen molar-refractivity contribution in [3.05, 3.63) is 41.0 Å². The molecule has 0 atom stereocenters. The first-order chi connectivity index (χ1) is 9.17. The van der Waals surface area contributed by atoms with E-state index in [9.17, 15) is 0 Å². The number of methoxy groups -OCH3 is 1. The van der Waals surface area contributed by atoms with Gasteiger partial charge in [-0.1, -0.05) is 56.7 Å². The smallest absolute Gasteiger partial charge is 0.0587 e. The van der Waals surface area contributed by atoms with Crippen LogP contribution in [0, 0.1) is 5.92 Å². The third kappa shape index (κ3) is 6.04. The molecule has 0 aliphatic heterocycles. The number of aryl methyl sites for hydroxylation is 1. The Labute approximate surface area is 117 Å². The molecular weight excluding hydrogens is 234 g/mol. The van der Waals surface area contributed by atoms with Crippen LogP contribution in [0.15, 0.2) is 29.8 Å². The second-order valence-electron chi connectivity index (χ2n) is 5.14. The minimum absolute atomic E-state index is 0.556. The summed E-state index contributed by atoms with van der Waals surface area (Å²) in [7, 11) is 1.73. The molecule has 106 valence electrons. The summed E-state index contributed by atoms with van der Waals surface area (Å²) in [5.41, 5.74) is 4.11. The first-order valence-corrected chi connectivity index (χ1v) is 7.16. The molecule has 1 aromatic rings. The molecule has 0 aromatic heterocycles. The maximum absolute atomic E-state index is 5.05. The topological polar surface area (TPSA) is 21.3 Å². The standard InChI is InChI=1S/C17H27NO/c1-5-15-6-8-16(9-7-15)12-17(14(2)3)13-18-10-11-19-4/h6-9,12,14,18H,5,10-11,13H2,1-4H3. The van der Waals surface area contributed by atoms with Crippen molar-refractivity contribution in [2.24, 2.45) is 5.92 Å². The molecule has 19 heavy (non-hydrogen) atoms. The quantitative estimate of drug-likeness (QED) is 0.723. The van der Waals surface area contributed by atoms with Crippen LogP contribution in [0.2, 0.25) is 0 Å². The average molecular weight is 261 g/mol. The lowest BCUT2D eigenvalue weighted by atomic mass is 9.99. The Hall–Kier alpha value is -1.12. The molecule has 0 spiro atoms. The number of benzene rings is 1. The number of nitrogens with one attached hydrogen (secondary N) is 1. The van der Waals surface area contributed by atoms with Gasteiger partial charge < -0.3 is 10.1 Å². The first-order valence-electron chi connectivity index (χ1n) is 7.16. The largest absolute Gasteiger partial charge is 0.383 e. The molecule has 0 unspecified atom stereocenters. The first kappa shape index (κ1) is 15.9. The summed E-state index contributed by atoms with van der Waals surface area (Å²) >= 11 is 0. The lowest BCUT2D eigenvalue weighted by Crippen LogP contribution is -2.23. The second-order valence-corrected chi connectivity index (χ2v) is 5.14. The van der Waals surface area contributed by atoms with Crippen LogP contribution in [0.3, 0.4) is 0 Å². The monoisotopic (exact) mass is 261 g/mol. The van der Waals surface area contributed by atoms with Gasteiger partial charge in [0, 0.05) is 20.2 Å². The van der Waals surface area contributed by atoms with E-state index in [0.29, 0.717) is 5.92 Å². The van der Waals surface area contributed by atoms with Crippen molar-refractivity contribution in [2.75, 3.05) is 26.8 Å². The molecule has 1 rings (SSSR count). The molecular formula is C17H27NO. The highest BCUT2D eigenvalue weighted by Gasteiger charge is 2.03. The maximum Gasteiger partial charge on any atom is 0.0587 e. The van der Waals surface area contributed by atoms with E-state index in [-0.39, 0.29) is 0 Å². The summed E-state index contributed by atoms with van der Waals surface area (Å²) in [6, 6.07) is 8.83. The molecule has 0 aliphatic rings. The fourth-order valence-electron chi connectivity index (χ4n) is 1.89. The molecule has 0 aliphatic carbocycles. The predicted octanol–water partition coefficient (Wildman–Crippen LogP) is 3.52. The Kier molecular flexibility index (Phi) is 7.46. The van der Waals surface area contributed by atoms with Crippen LogP contribution >= 0.6 is 0 Å². The van der Waals surface area contributed by atoms with Crippen LogP contribution in [-0.4, -0.2) is 26.8 Å². The summed E-state index contributed by atoms with van der Waals surface area (Å²) in [6.45, 7) is 9.25. The van der Waals surface area contributed by atoms with Gasteiger partial charge in [0.2, 0.25) is 0 Å². The average Bonchev–Trinajstić information content (AvgIpc) is 2.42. The fraction of sp³-hybridized carbons (Fsp3) is 0.529. The van der Waals surface area contributed by atoms with E-state index in [2.05, 4.69) is 56.4 Å². The minimum Gasteiger partial charge on any atom is -0.383 e. The molecule has 0 saturated heterocycles. The minimum atomic E-state index is 0.556. The van der Waals surface area contributed by atoms with Gasteiger partial charge in [-0.05, 0) is 23.5 Å². The number of ether oxygens (including phenoxy) is 1. The van der Waals surface area contributed by atoms with Crippen molar-refractivity contribution in [1.29, 1.82) is 0 Å². The normalized spacial score (nSPS) is 12.2. The van der Waals surface area contributed by atoms with Crippen LogP contribution in [-0.2, 0) is 11.2 Å². The van der Waals surface area contributed by atoms with Crippen molar-refractivity contribution in [3.63, 3.8) is 0 Å². The fourth-order valence-corrected chi connectivity index (χ4v) is 1.89. The van der Waals surface area contributed by atoms with Crippen LogP contribution in [0.1, 0.15) is 31.9 Å². The molecule has 0 bridgehead atoms. The van der Waals surface area contributed by atoms with Crippen molar-refractivity contribution in [1.82, 2.24) is 5.32 Å². The molecule has 0 heterocycles. The zero-order valence-electron chi connectivity index (χ0n) is 12.7. The van der Waals surface area contributed by atoms with Crippen molar-refractivity contribution >= 4 is 6.08 Å². The molecule has 1 aromatic carbocycles. The second kappa shape index (κ2) is 8.89. The lowest BCUT2D eigenvalue weighted by molar-refractivity contribution is 0.200. The summed E-state index contributed by atoms with van der Waals surface area (Å²) in [5.74, 6) is 0.556. The Morgan fingerprint density at radius 1 is 1.26 bits per heavy atom. The van der Waals surface area contributed by atoms with Crippen LogP contribution in [0.5, 0.6) is 0 Å². The van der Waals surface area contributed by atoms with Gasteiger partial charge >= 0.3 is 0 Å². The van der Waals surface area contributed by atoms with Crippen molar-refractivity contribution < 1.29 is 4.74 Å². The summed E-state index contributed by atoms with van der Waals surface area (Å²) in [5, 5.41) is 3.42. The molecule has 0 saturated carbocycles. The molecule has 2 heteroatoms. The predicted molar refractivity (Wildman–Crippen MR) is 83.4 cm³/mol. The highest BCUT2D eigenvalue weighted by Crippen LogP contribution is 2.15. The highest BCUT2D eigenvalue weighted by atomic mass is 16.5. The van der Waals surface area contributed by atoms with E-state index >= 15 is 0 Å². The summed E-state index contributed by atoms with van der Waals surface area (Å²) < 4.78 is 5.05. The van der Waals surface area contributed by atoms with Crippen molar-refractivity contribution in [2.45, 2.75) is 27.2 Å². The maximum atomic E-state index is 5.05. The zero-order valence-corrected chi connectivity index (χ0v) is 12.7. The van der Waals surface area contributed by atoms with E-state index in [1.807, 2.05) is 0 Å². The van der Waals surface area contributed by atoms with Crippen LogP contribution in [0.4, 0.5) is 0 Å². The van der Waals surface area contributed by atoms with E-state index in [1.165, 1.54) is 16.7 Å². The van der Waals surface area contributed by atoms with E-state index in [4.69, 9.17) is 4.74 Å². The van der Waals surface area contributed by atoms with Gasteiger partial charge in [-0.25, -0.2) is 0 Å². The van der Waals surface area contributed by atoms with Crippen LogP contribution in [0.25, 0.3) is 6.08 Å². The molecule has 0 fully saturated rings. The van der Waals surface area contributed by atoms with Gasteiger partial charge in [-0.3, -0.25) is 0 Å². The van der Waals surface area contributed by atoms with Gasteiger partial charge in [0.05, 0.1) is 6.61 Å². The molecule has 2 nitrogen and oxygen atoms in total. The Balaban J connectivity index is 2.65. The molecule has 1 N–H and O–H groups in total. The molecule has 0 amide bonds. The third-order valence-corrected chi connectivity index (χ3v) is 3.29. The third-order valence-electron chi connectivity index (χ3n) is 3.29. The number of hydrogen-bond acceptors (Lipinski definition) is 2. The SMILES string of the molecule is CCc1ccc(C=C(CNCCOC)C(C)C)cc1.